The Bertz CT molecular complexity index is 1340. The molecule has 3 rings (SSSR count). The summed E-state index contributed by atoms with van der Waals surface area (Å²) in [7, 11) is 1.58. The molecule has 206 valence electrons. The van der Waals surface area contributed by atoms with Gasteiger partial charge in [-0.15, -0.1) is 0 Å². The van der Waals surface area contributed by atoms with Crippen molar-refractivity contribution in [1.29, 1.82) is 0 Å². The highest BCUT2D eigenvalue weighted by molar-refractivity contribution is 6.00. The van der Waals surface area contributed by atoms with Crippen LogP contribution in [0, 0.1) is 5.92 Å². The minimum Gasteiger partial charge on any atom is -0.444 e. The van der Waals surface area contributed by atoms with Gasteiger partial charge in [-0.3, -0.25) is 9.59 Å². The number of fused-ring (bicyclic) bond motifs is 1. The van der Waals surface area contributed by atoms with Crippen LogP contribution in [-0.4, -0.2) is 41.5 Å². The molecule has 0 saturated carbocycles. The highest BCUT2D eigenvalue weighted by Crippen LogP contribution is 2.26. The molecule has 0 aromatic heterocycles. The highest BCUT2D eigenvalue weighted by Gasteiger charge is 2.34. The molecule has 0 saturated heterocycles. The number of anilines is 1. The van der Waals surface area contributed by atoms with Crippen molar-refractivity contribution >= 4 is 40.4 Å². The summed E-state index contributed by atoms with van der Waals surface area (Å²) in [5, 5.41) is 7.76. The Hall–Kier alpha value is -4.13. The van der Waals surface area contributed by atoms with Gasteiger partial charge >= 0.3 is 6.09 Å². The molecule has 0 aliphatic rings. The molecule has 0 radical (unpaired) electrons. The maximum absolute atomic E-state index is 13.8. The first-order valence-electron chi connectivity index (χ1n) is 13.2. The van der Waals surface area contributed by atoms with Crippen molar-refractivity contribution in [2.45, 2.75) is 58.7 Å². The number of nitrogens with one attached hydrogen (secondary N) is 2. The molecule has 0 fully saturated rings. The number of nitrogens with zero attached hydrogens (tertiary/aromatic N) is 1. The number of carbonyl (C=O) groups is 3. The van der Waals surface area contributed by atoms with Gasteiger partial charge in [-0.2, -0.15) is 0 Å². The number of rotatable bonds is 9. The second kappa shape index (κ2) is 12.6. The van der Waals surface area contributed by atoms with Gasteiger partial charge in [0.15, 0.2) is 0 Å². The van der Waals surface area contributed by atoms with E-state index in [1.807, 2.05) is 74.5 Å². The Morgan fingerprint density at radius 2 is 1.67 bits per heavy atom. The second-order valence-electron chi connectivity index (χ2n) is 11.1. The molecule has 3 aromatic carbocycles. The first-order valence-corrected chi connectivity index (χ1v) is 13.2. The molecule has 3 aromatic rings. The lowest BCUT2D eigenvalue weighted by Gasteiger charge is -2.32. The molecule has 39 heavy (non-hydrogen) atoms. The summed E-state index contributed by atoms with van der Waals surface area (Å²) in [6, 6.07) is 19.1. The molecule has 2 unspecified atom stereocenters. The summed E-state index contributed by atoms with van der Waals surface area (Å²) in [6.07, 6.45) is 1.39. The molecule has 2 atom stereocenters. The van der Waals surface area contributed by atoms with E-state index in [4.69, 9.17) is 4.74 Å². The topological polar surface area (TPSA) is 87.7 Å². The number of carbonyl (C=O) groups excluding carboxylic acids is 3. The van der Waals surface area contributed by atoms with E-state index in [1.165, 1.54) is 4.90 Å². The van der Waals surface area contributed by atoms with Gasteiger partial charge in [0.1, 0.15) is 17.7 Å². The van der Waals surface area contributed by atoms with Gasteiger partial charge < -0.3 is 20.3 Å². The SMILES string of the molecule is C=Cc1cccc(C(C(=O)Nc2ccc3ccccc3c2)N(C)C(=O)C(CC(C)C)NC(=O)OC(C)(C)C)c1. The van der Waals surface area contributed by atoms with Crippen LogP contribution < -0.4 is 10.6 Å². The number of amides is 3. The normalized spacial score (nSPS) is 12.9. The standard InChI is InChI=1S/C32H39N3O4/c1-8-22-12-11-15-25(19-22)28(29(36)33-26-17-16-23-13-9-10-14-24(23)20-26)35(7)30(37)27(18-21(2)3)34-31(38)39-32(4,5)6/h8-17,19-21,27-28H,1,18H2,2-7H3,(H,33,36)(H,34,38). The van der Waals surface area contributed by atoms with Crippen LogP contribution in [0.5, 0.6) is 0 Å². The van der Waals surface area contributed by atoms with Crippen LogP contribution in [0.3, 0.4) is 0 Å². The van der Waals surface area contributed by atoms with Crippen LogP contribution in [0.1, 0.15) is 58.2 Å². The first kappa shape index (κ1) is 29.4. The summed E-state index contributed by atoms with van der Waals surface area (Å²) in [5.74, 6) is -0.656. The molecular weight excluding hydrogens is 490 g/mol. The Morgan fingerprint density at radius 1 is 0.974 bits per heavy atom. The lowest BCUT2D eigenvalue weighted by atomic mass is 9.98. The van der Waals surface area contributed by atoms with Crippen molar-refractivity contribution in [3.63, 3.8) is 0 Å². The molecule has 0 aliphatic carbocycles. The predicted octanol–water partition coefficient (Wildman–Crippen LogP) is 6.56. The Balaban J connectivity index is 1.94. The molecule has 0 heterocycles. The van der Waals surface area contributed by atoms with E-state index in [0.717, 1.165) is 16.3 Å². The van der Waals surface area contributed by atoms with E-state index >= 15 is 0 Å². The fourth-order valence-electron chi connectivity index (χ4n) is 4.40. The Morgan fingerprint density at radius 3 is 2.31 bits per heavy atom. The van der Waals surface area contributed by atoms with Crippen LogP contribution >= 0.6 is 0 Å². The Labute approximate surface area is 231 Å². The number of hydrogen-bond acceptors (Lipinski definition) is 4. The third-order valence-electron chi connectivity index (χ3n) is 6.16. The summed E-state index contributed by atoms with van der Waals surface area (Å²) >= 11 is 0. The minimum absolute atomic E-state index is 0.108. The van der Waals surface area contributed by atoms with Crippen molar-refractivity contribution in [3.8, 4) is 0 Å². The number of likely N-dealkylation sites (N-methyl/N-ethyl adjacent to an activating group) is 1. The van der Waals surface area contributed by atoms with Crippen molar-refractivity contribution < 1.29 is 19.1 Å². The average Bonchev–Trinajstić information content (AvgIpc) is 2.86. The summed E-state index contributed by atoms with van der Waals surface area (Å²) in [6.45, 7) is 13.1. The quantitative estimate of drug-likeness (QED) is 0.329. The maximum Gasteiger partial charge on any atom is 0.408 e. The first-order chi connectivity index (χ1) is 18.4. The monoisotopic (exact) mass is 529 g/mol. The summed E-state index contributed by atoms with van der Waals surface area (Å²) in [5.41, 5.74) is 1.36. The largest absolute Gasteiger partial charge is 0.444 e. The van der Waals surface area contributed by atoms with E-state index < -0.39 is 29.7 Å². The average molecular weight is 530 g/mol. The van der Waals surface area contributed by atoms with Gasteiger partial charge in [0.25, 0.3) is 5.91 Å². The van der Waals surface area contributed by atoms with Crippen molar-refractivity contribution in [3.05, 3.63) is 84.4 Å². The van der Waals surface area contributed by atoms with Crippen LogP contribution in [0.2, 0.25) is 0 Å². The zero-order valence-electron chi connectivity index (χ0n) is 23.7. The minimum atomic E-state index is -0.959. The van der Waals surface area contributed by atoms with E-state index in [0.29, 0.717) is 17.7 Å². The van der Waals surface area contributed by atoms with E-state index in [9.17, 15) is 14.4 Å². The Kier molecular flexibility index (Phi) is 9.51. The summed E-state index contributed by atoms with van der Waals surface area (Å²) in [4.78, 5) is 41.6. The molecule has 7 nitrogen and oxygen atoms in total. The number of alkyl carbamates (subject to hydrolysis) is 1. The third kappa shape index (κ3) is 8.18. The molecular formula is C32H39N3O4. The third-order valence-corrected chi connectivity index (χ3v) is 6.16. The fraction of sp³-hybridized carbons (Fsp3) is 0.344. The maximum atomic E-state index is 13.8. The van der Waals surface area contributed by atoms with Crippen molar-refractivity contribution in [2.75, 3.05) is 12.4 Å². The van der Waals surface area contributed by atoms with Gasteiger partial charge in [-0.05, 0) is 73.2 Å². The predicted molar refractivity (Wildman–Crippen MR) is 157 cm³/mol. The van der Waals surface area contributed by atoms with E-state index in [2.05, 4.69) is 17.2 Å². The molecule has 0 spiro atoms. The number of benzene rings is 3. The molecule has 0 aliphatic heterocycles. The van der Waals surface area contributed by atoms with E-state index in [1.54, 1.807) is 40.0 Å². The number of ether oxygens (including phenoxy) is 1. The fourth-order valence-corrected chi connectivity index (χ4v) is 4.40. The lowest BCUT2D eigenvalue weighted by Crippen LogP contribution is -2.51. The number of hydrogen-bond donors (Lipinski definition) is 2. The van der Waals surface area contributed by atoms with Crippen LogP contribution in [-0.2, 0) is 14.3 Å². The molecule has 2 N–H and O–H groups in total. The summed E-state index contributed by atoms with van der Waals surface area (Å²) < 4.78 is 5.41. The van der Waals surface area contributed by atoms with Gasteiger partial charge in [0, 0.05) is 12.7 Å². The van der Waals surface area contributed by atoms with Crippen LogP contribution in [0.15, 0.2) is 73.3 Å². The van der Waals surface area contributed by atoms with Gasteiger partial charge in [0.05, 0.1) is 0 Å². The van der Waals surface area contributed by atoms with Crippen molar-refractivity contribution in [2.24, 2.45) is 5.92 Å². The molecule has 3 amide bonds. The van der Waals surface area contributed by atoms with Crippen molar-refractivity contribution in [1.82, 2.24) is 10.2 Å². The van der Waals surface area contributed by atoms with E-state index in [-0.39, 0.29) is 11.8 Å². The molecule has 0 bridgehead atoms. The zero-order chi connectivity index (χ0) is 28.7. The van der Waals surface area contributed by atoms with Gasteiger partial charge in [0.2, 0.25) is 5.91 Å². The van der Waals surface area contributed by atoms with Gasteiger partial charge in [-0.1, -0.05) is 75.0 Å². The second-order valence-corrected chi connectivity index (χ2v) is 11.1. The van der Waals surface area contributed by atoms with Gasteiger partial charge in [-0.25, -0.2) is 4.79 Å². The van der Waals surface area contributed by atoms with Crippen LogP contribution in [0.4, 0.5) is 10.5 Å². The zero-order valence-corrected chi connectivity index (χ0v) is 23.7. The molecule has 7 heteroatoms. The highest BCUT2D eigenvalue weighted by atomic mass is 16.6. The van der Waals surface area contributed by atoms with Crippen LogP contribution in [0.25, 0.3) is 16.8 Å². The lowest BCUT2D eigenvalue weighted by molar-refractivity contribution is -0.139. The smallest absolute Gasteiger partial charge is 0.408 e.